The number of carbonyl (C=O) groups excluding carboxylic acids is 2. The molecular formula is C37H40ClN7O4S. The van der Waals surface area contributed by atoms with Crippen LogP contribution in [0.1, 0.15) is 100 Å². The van der Waals surface area contributed by atoms with Gasteiger partial charge in [0.2, 0.25) is 11.8 Å². The molecule has 4 aromatic rings. The van der Waals surface area contributed by atoms with E-state index in [0.717, 1.165) is 58.0 Å². The Hall–Kier alpha value is -4.83. The van der Waals surface area contributed by atoms with Gasteiger partial charge in [0, 0.05) is 51.7 Å². The third-order valence-corrected chi connectivity index (χ3v) is 9.87. The molecule has 50 heavy (non-hydrogen) atoms. The second kappa shape index (κ2) is 16.7. The van der Waals surface area contributed by atoms with Crippen molar-refractivity contribution in [2.24, 2.45) is 10.7 Å². The number of carbonyl (C=O) groups is 3. The van der Waals surface area contributed by atoms with E-state index in [0.29, 0.717) is 40.9 Å². The molecule has 0 fully saturated rings. The van der Waals surface area contributed by atoms with Crippen LogP contribution in [0.5, 0.6) is 0 Å². The lowest BCUT2D eigenvalue weighted by molar-refractivity contribution is -0.121. The maximum absolute atomic E-state index is 13.3. The van der Waals surface area contributed by atoms with Crippen molar-refractivity contribution in [3.05, 3.63) is 91.8 Å². The molecule has 11 nitrogen and oxygen atoms in total. The summed E-state index contributed by atoms with van der Waals surface area (Å²) in [6, 6.07) is 11.4. The summed E-state index contributed by atoms with van der Waals surface area (Å²) < 4.78 is 1.98. The van der Waals surface area contributed by atoms with Crippen molar-refractivity contribution >= 4 is 52.1 Å². The van der Waals surface area contributed by atoms with Crippen molar-refractivity contribution in [1.29, 1.82) is 0 Å². The minimum atomic E-state index is -1.13. The molecular weight excluding hydrogens is 674 g/mol. The lowest BCUT2D eigenvalue weighted by atomic mass is 9.99. The monoisotopic (exact) mass is 713 g/mol. The van der Waals surface area contributed by atoms with E-state index in [1.165, 1.54) is 6.07 Å². The first-order chi connectivity index (χ1) is 24.1. The number of benzene rings is 2. The number of nitrogens with zero attached hydrogens (tertiary/aromatic N) is 4. The molecule has 0 saturated heterocycles. The number of anilines is 1. The van der Waals surface area contributed by atoms with Gasteiger partial charge in [-0.05, 0) is 76.1 Å². The number of hydrogen-bond donors (Lipinski definition) is 4. The average Bonchev–Trinajstić information content (AvgIpc) is 3.56. The summed E-state index contributed by atoms with van der Waals surface area (Å²) in [6.45, 7) is 6.76. The number of nitrogens with two attached hydrogens (primary N) is 1. The number of amides is 2. The summed E-state index contributed by atoms with van der Waals surface area (Å²) in [4.78, 5) is 44.2. The third kappa shape index (κ3) is 8.66. The zero-order valence-electron chi connectivity index (χ0n) is 28.3. The number of carboxylic acid groups (broad SMARTS) is 1. The second-order valence-corrected chi connectivity index (χ2v) is 13.7. The third-order valence-electron chi connectivity index (χ3n) is 8.42. The topological polar surface area (TPSA) is 165 Å². The summed E-state index contributed by atoms with van der Waals surface area (Å²) in [5, 5.41) is 25.6. The van der Waals surface area contributed by atoms with Crippen LogP contribution in [-0.2, 0) is 9.59 Å². The normalized spacial score (nSPS) is 13.3. The van der Waals surface area contributed by atoms with Gasteiger partial charge in [-0.15, -0.1) is 21.5 Å². The number of hydrogen-bond acceptors (Lipinski definition) is 8. The average molecular weight is 714 g/mol. The molecule has 5 rings (SSSR count). The number of thiophene rings is 1. The molecule has 0 spiro atoms. The van der Waals surface area contributed by atoms with Crippen LogP contribution in [0.3, 0.4) is 0 Å². The van der Waals surface area contributed by atoms with Crippen molar-refractivity contribution in [1.82, 2.24) is 20.1 Å². The quantitative estimate of drug-likeness (QED) is 0.0934. The molecule has 2 amide bonds. The number of halogens is 1. The maximum atomic E-state index is 13.3. The van der Waals surface area contributed by atoms with Crippen LogP contribution >= 0.6 is 22.9 Å². The molecule has 0 bridgehead atoms. The van der Waals surface area contributed by atoms with Crippen LogP contribution in [0.25, 0.3) is 5.00 Å². The zero-order chi connectivity index (χ0) is 35.8. The van der Waals surface area contributed by atoms with Crippen molar-refractivity contribution < 1.29 is 19.5 Å². The van der Waals surface area contributed by atoms with Gasteiger partial charge in [0.1, 0.15) is 16.9 Å². The van der Waals surface area contributed by atoms with Gasteiger partial charge in [-0.2, -0.15) is 0 Å². The number of carboxylic acids is 1. The standard InChI is InChI=1S/C37H40ClN7O4S/c1-22-23(2)50-36-33(22)34(26-11-14-27(38)15-12-26)42-30(35-44-43-24(3)45(35)36)21-32(47)40-19-17-31(46)41-28-16-13-25(29(20-28)37(48)49)10-8-6-4-5-7-9-18-39/h11-16,20,30H,4-7,9,17-19,21,39H2,1-3H3,(H,40,47)(H,41,46)(H,48,49)/t30-/m0/s1. The van der Waals surface area contributed by atoms with Gasteiger partial charge in [0.05, 0.1) is 17.7 Å². The number of fused-ring (bicyclic) bond motifs is 3. The summed E-state index contributed by atoms with van der Waals surface area (Å²) in [5.41, 5.74) is 9.93. The molecule has 13 heteroatoms. The number of unbranched alkanes of at least 4 members (excludes halogenated alkanes) is 4. The lowest BCUT2D eigenvalue weighted by Gasteiger charge is -2.13. The van der Waals surface area contributed by atoms with Crippen LogP contribution in [0.15, 0.2) is 47.5 Å². The Labute approximate surface area is 300 Å². The predicted molar refractivity (Wildman–Crippen MR) is 197 cm³/mol. The first-order valence-corrected chi connectivity index (χ1v) is 17.8. The number of rotatable bonds is 13. The van der Waals surface area contributed by atoms with Crippen molar-refractivity contribution in [2.75, 3.05) is 18.4 Å². The molecule has 1 aliphatic rings. The number of nitrogens with one attached hydrogen (secondary N) is 2. The molecule has 260 valence electrons. The molecule has 2 aromatic heterocycles. The van der Waals surface area contributed by atoms with Gasteiger partial charge in [-0.25, -0.2) is 4.79 Å². The van der Waals surface area contributed by atoms with E-state index in [9.17, 15) is 19.5 Å². The Kier molecular flexibility index (Phi) is 12.2. The van der Waals surface area contributed by atoms with Gasteiger partial charge in [0.15, 0.2) is 5.82 Å². The minimum absolute atomic E-state index is 0.0106. The van der Waals surface area contributed by atoms with E-state index < -0.39 is 12.0 Å². The Balaban J connectivity index is 1.23. The van der Waals surface area contributed by atoms with Crippen molar-refractivity contribution in [3.63, 3.8) is 0 Å². The fraction of sp³-hybridized carbons (Fsp3) is 0.351. The van der Waals surface area contributed by atoms with E-state index in [1.54, 1.807) is 23.5 Å². The number of aliphatic imine (C=N–C) groups is 1. The molecule has 5 N–H and O–H groups in total. The van der Waals surface area contributed by atoms with Gasteiger partial charge in [-0.3, -0.25) is 19.1 Å². The summed E-state index contributed by atoms with van der Waals surface area (Å²) in [6.07, 6.45) is 4.63. The van der Waals surface area contributed by atoms with Crippen LogP contribution in [0.2, 0.25) is 5.02 Å². The predicted octanol–water partition coefficient (Wildman–Crippen LogP) is 6.29. The van der Waals surface area contributed by atoms with Gasteiger partial charge in [0.25, 0.3) is 0 Å². The molecule has 1 atom stereocenters. The van der Waals surface area contributed by atoms with Crippen molar-refractivity contribution in [2.45, 2.75) is 71.8 Å². The SMILES string of the molecule is Cc1sc2c(c1C)C(c1ccc(Cl)cc1)=N[C@@H](CC(=O)NCCC(=O)Nc1ccc(C#CCCCCCCN)c(C(=O)O)c1)c1nnc(C)n1-2. The highest BCUT2D eigenvalue weighted by Crippen LogP contribution is 2.39. The molecule has 3 heterocycles. The number of aromatic carboxylic acids is 1. The Bertz CT molecular complexity index is 1990. The van der Waals surface area contributed by atoms with Gasteiger partial charge in [-0.1, -0.05) is 48.4 Å². The van der Waals surface area contributed by atoms with E-state index >= 15 is 0 Å². The molecule has 0 radical (unpaired) electrons. The fourth-order valence-corrected chi connectivity index (χ4v) is 7.04. The number of aromatic nitrogens is 3. The highest BCUT2D eigenvalue weighted by molar-refractivity contribution is 7.15. The van der Waals surface area contributed by atoms with E-state index in [-0.39, 0.29) is 36.8 Å². The van der Waals surface area contributed by atoms with Crippen LogP contribution in [-0.4, -0.2) is 56.5 Å². The van der Waals surface area contributed by atoms with Gasteiger partial charge >= 0.3 is 5.97 Å². The highest BCUT2D eigenvalue weighted by atomic mass is 35.5. The van der Waals surface area contributed by atoms with E-state index in [2.05, 4.69) is 46.5 Å². The van der Waals surface area contributed by atoms with Crippen LogP contribution in [0, 0.1) is 32.6 Å². The first-order valence-electron chi connectivity index (χ1n) is 16.6. The zero-order valence-corrected chi connectivity index (χ0v) is 29.9. The Morgan fingerprint density at radius 3 is 2.52 bits per heavy atom. The van der Waals surface area contributed by atoms with Crippen LogP contribution in [0.4, 0.5) is 5.69 Å². The number of aryl methyl sites for hydroxylation is 2. The van der Waals surface area contributed by atoms with E-state index in [4.69, 9.17) is 22.3 Å². The summed E-state index contributed by atoms with van der Waals surface area (Å²) in [5.74, 6) is 5.43. The van der Waals surface area contributed by atoms with Crippen LogP contribution < -0.4 is 16.4 Å². The smallest absolute Gasteiger partial charge is 0.337 e. The first kappa shape index (κ1) is 36.5. The molecule has 2 aromatic carbocycles. The Morgan fingerprint density at radius 2 is 1.78 bits per heavy atom. The summed E-state index contributed by atoms with van der Waals surface area (Å²) >= 11 is 7.83. The van der Waals surface area contributed by atoms with Crippen molar-refractivity contribution in [3.8, 4) is 16.8 Å². The lowest BCUT2D eigenvalue weighted by Crippen LogP contribution is -2.29. The fourth-order valence-electron chi connectivity index (χ4n) is 5.70. The minimum Gasteiger partial charge on any atom is -0.478 e. The Morgan fingerprint density at radius 1 is 1.02 bits per heavy atom. The molecule has 0 aliphatic carbocycles. The van der Waals surface area contributed by atoms with E-state index in [1.807, 2.05) is 35.8 Å². The second-order valence-electron chi connectivity index (χ2n) is 12.1. The van der Waals surface area contributed by atoms with Gasteiger partial charge < -0.3 is 21.5 Å². The maximum Gasteiger partial charge on any atom is 0.337 e. The summed E-state index contributed by atoms with van der Waals surface area (Å²) in [7, 11) is 0. The molecule has 0 saturated carbocycles. The highest BCUT2D eigenvalue weighted by Gasteiger charge is 2.32. The largest absolute Gasteiger partial charge is 0.478 e. The molecule has 0 unspecified atom stereocenters. The molecule has 1 aliphatic heterocycles.